The summed E-state index contributed by atoms with van der Waals surface area (Å²) in [5, 5.41) is 0. The predicted octanol–water partition coefficient (Wildman–Crippen LogP) is 2.66. The first-order chi connectivity index (χ1) is 7.36. The van der Waals surface area contributed by atoms with Crippen molar-refractivity contribution in [3.05, 3.63) is 29.8 Å². The number of ether oxygens (including phenoxy) is 1. The Morgan fingerprint density at radius 1 is 1.20 bits per heavy atom. The summed E-state index contributed by atoms with van der Waals surface area (Å²) in [6.45, 7) is 4.44. The molecule has 1 rings (SSSR count). The van der Waals surface area contributed by atoms with E-state index >= 15 is 0 Å². The fourth-order valence-corrected chi connectivity index (χ4v) is 1.95. The largest absolute Gasteiger partial charge is 0.381 e. The van der Waals surface area contributed by atoms with Crippen molar-refractivity contribution in [1.29, 1.82) is 0 Å². The zero-order valence-electron chi connectivity index (χ0n) is 9.24. The zero-order valence-corrected chi connectivity index (χ0v) is 10.1. The van der Waals surface area contributed by atoms with Crippen molar-refractivity contribution in [3.63, 3.8) is 0 Å². The van der Waals surface area contributed by atoms with Gasteiger partial charge in [-0.05, 0) is 24.1 Å². The molecular formula is C12H19NOS. The van der Waals surface area contributed by atoms with Crippen molar-refractivity contribution in [2.45, 2.75) is 24.8 Å². The Balaban J connectivity index is 2.20. The fourth-order valence-electron chi connectivity index (χ4n) is 1.19. The van der Waals surface area contributed by atoms with E-state index in [1.54, 1.807) is 0 Å². The van der Waals surface area contributed by atoms with E-state index in [4.69, 9.17) is 10.5 Å². The first kappa shape index (κ1) is 12.6. The minimum absolute atomic E-state index is 0.616. The second-order valence-corrected chi connectivity index (χ2v) is 4.48. The van der Waals surface area contributed by atoms with Crippen LogP contribution in [0.25, 0.3) is 0 Å². The molecule has 3 heteroatoms. The van der Waals surface area contributed by atoms with Crippen LogP contribution in [0.1, 0.15) is 18.9 Å². The normalized spacial score (nSPS) is 10.5. The molecule has 0 bridgehead atoms. The van der Waals surface area contributed by atoms with Crippen LogP contribution in [0.3, 0.4) is 0 Å². The molecule has 84 valence electrons. The zero-order chi connectivity index (χ0) is 10.9. The van der Waals surface area contributed by atoms with E-state index in [0.717, 1.165) is 25.4 Å². The number of rotatable bonds is 7. The summed E-state index contributed by atoms with van der Waals surface area (Å²) < 4.78 is 5.41. The molecule has 0 unspecified atom stereocenters. The number of benzene rings is 1. The first-order valence-electron chi connectivity index (χ1n) is 5.36. The van der Waals surface area contributed by atoms with Gasteiger partial charge in [0.2, 0.25) is 0 Å². The topological polar surface area (TPSA) is 35.2 Å². The standard InChI is InChI=1S/C12H19NOS/c1-2-7-14-8-9-15-12-5-3-11(10-13)4-6-12/h3-6H,2,7-10,13H2,1H3. The van der Waals surface area contributed by atoms with E-state index in [1.165, 1.54) is 10.5 Å². The highest BCUT2D eigenvalue weighted by molar-refractivity contribution is 7.99. The second kappa shape index (κ2) is 7.74. The van der Waals surface area contributed by atoms with Gasteiger partial charge in [0.05, 0.1) is 6.61 Å². The van der Waals surface area contributed by atoms with Crippen molar-refractivity contribution in [2.24, 2.45) is 5.73 Å². The molecule has 1 aromatic carbocycles. The SMILES string of the molecule is CCCOCCSc1ccc(CN)cc1. The summed E-state index contributed by atoms with van der Waals surface area (Å²) in [4.78, 5) is 1.28. The van der Waals surface area contributed by atoms with Crippen LogP contribution < -0.4 is 5.73 Å². The molecular weight excluding hydrogens is 206 g/mol. The molecule has 0 aromatic heterocycles. The third-order valence-electron chi connectivity index (χ3n) is 2.00. The Hall–Kier alpha value is -0.510. The molecule has 0 heterocycles. The van der Waals surface area contributed by atoms with Crippen molar-refractivity contribution in [3.8, 4) is 0 Å². The van der Waals surface area contributed by atoms with Crippen LogP contribution in [0, 0.1) is 0 Å². The lowest BCUT2D eigenvalue weighted by Crippen LogP contribution is -1.98. The molecule has 0 atom stereocenters. The number of hydrogen-bond acceptors (Lipinski definition) is 3. The highest BCUT2D eigenvalue weighted by Crippen LogP contribution is 2.17. The van der Waals surface area contributed by atoms with Gasteiger partial charge in [0.15, 0.2) is 0 Å². The molecule has 0 fully saturated rings. The van der Waals surface area contributed by atoms with Gasteiger partial charge >= 0.3 is 0 Å². The lowest BCUT2D eigenvalue weighted by Gasteiger charge is -2.03. The molecule has 2 N–H and O–H groups in total. The Morgan fingerprint density at radius 3 is 2.53 bits per heavy atom. The maximum absolute atomic E-state index is 5.53. The maximum Gasteiger partial charge on any atom is 0.0560 e. The molecule has 0 spiro atoms. The Morgan fingerprint density at radius 2 is 1.93 bits per heavy atom. The summed E-state index contributed by atoms with van der Waals surface area (Å²) in [5.41, 5.74) is 6.71. The molecule has 0 amide bonds. The lowest BCUT2D eigenvalue weighted by atomic mass is 10.2. The van der Waals surface area contributed by atoms with Crippen molar-refractivity contribution < 1.29 is 4.74 Å². The molecule has 2 nitrogen and oxygen atoms in total. The molecule has 0 saturated carbocycles. The van der Waals surface area contributed by atoms with Crippen LogP contribution in [0.4, 0.5) is 0 Å². The Kier molecular flexibility index (Phi) is 6.48. The van der Waals surface area contributed by atoms with Crippen LogP contribution in [0.15, 0.2) is 29.2 Å². The molecule has 0 aliphatic heterocycles. The van der Waals surface area contributed by atoms with Gasteiger partial charge in [-0.3, -0.25) is 0 Å². The minimum atomic E-state index is 0.616. The van der Waals surface area contributed by atoms with Crippen LogP contribution in [-0.2, 0) is 11.3 Å². The maximum atomic E-state index is 5.53. The number of hydrogen-bond donors (Lipinski definition) is 1. The van der Waals surface area contributed by atoms with Gasteiger partial charge in [-0.2, -0.15) is 0 Å². The summed E-state index contributed by atoms with van der Waals surface area (Å²) in [6, 6.07) is 8.39. The third-order valence-corrected chi connectivity index (χ3v) is 2.98. The molecule has 0 saturated heterocycles. The van der Waals surface area contributed by atoms with E-state index < -0.39 is 0 Å². The Bertz CT molecular complexity index is 261. The lowest BCUT2D eigenvalue weighted by molar-refractivity contribution is 0.151. The van der Waals surface area contributed by atoms with Gasteiger partial charge in [-0.25, -0.2) is 0 Å². The van der Waals surface area contributed by atoms with E-state index in [-0.39, 0.29) is 0 Å². The first-order valence-corrected chi connectivity index (χ1v) is 6.35. The predicted molar refractivity (Wildman–Crippen MR) is 66.2 cm³/mol. The summed E-state index contributed by atoms with van der Waals surface area (Å²) >= 11 is 1.82. The van der Waals surface area contributed by atoms with Crippen LogP contribution >= 0.6 is 11.8 Å². The molecule has 0 aliphatic rings. The van der Waals surface area contributed by atoms with Crippen molar-refractivity contribution in [1.82, 2.24) is 0 Å². The van der Waals surface area contributed by atoms with Crippen molar-refractivity contribution in [2.75, 3.05) is 19.0 Å². The van der Waals surface area contributed by atoms with Gasteiger partial charge in [-0.15, -0.1) is 11.8 Å². The van der Waals surface area contributed by atoms with Gasteiger partial charge in [0, 0.05) is 23.8 Å². The van der Waals surface area contributed by atoms with E-state index in [0.29, 0.717) is 6.54 Å². The molecule has 15 heavy (non-hydrogen) atoms. The smallest absolute Gasteiger partial charge is 0.0560 e. The average Bonchev–Trinajstić information content (AvgIpc) is 2.30. The highest BCUT2D eigenvalue weighted by Gasteiger charge is 1.94. The van der Waals surface area contributed by atoms with Gasteiger partial charge in [-0.1, -0.05) is 19.1 Å². The van der Waals surface area contributed by atoms with E-state index in [2.05, 4.69) is 31.2 Å². The number of nitrogens with two attached hydrogens (primary N) is 1. The third kappa shape index (κ3) is 5.21. The molecule has 0 aliphatic carbocycles. The van der Waals surface area contributed by atoms with Gasteiger partial charge < -0.3 is 10.5 Å². The van der Waals surface area contributed by atoms with Crippen LogP contribution in [0.2, 0.25) is 0 Å². The van der Waals surface area contributed by atoms with Crippen LogP contribution in [0.5, 0.6) is 0 Å². The second-order valence-electron chi connectivity index (χ2n) is 3.31. The minimum Gasteiger partial charge on any atom is -0.381 e. The van der Waals surface area contributed by atoms with E-state index in [1.807, 2.05) is 11.8 Å². The summed E-state index contributed by atoms with van der Waals surface area (Å²) in [7, 11) is 0. The molecule has 0 radical (unpaired) electrons. The average molecular weight is 225 g/mol. The highest BCUT2D eigenvalue weighted by atomic mass is 32.2. The van der Waals surface area contributed by atoms with Gasteiger partial charge in [0.1, 0.15) is 0 Å². The summed E-state index contributed by atoms with van der Waals surface area (Å²) in [6.07, 6.45) is 1.09. The van der Waals surface area contributed by atoms with Crippen molar-refractivity contribution >= 4 is 11.8 Å². The number of thioether (sulfide) groups is 1. The molecule has 1 aromatic rings. The van der Waals surface area contributed by atoms with Crippen LogP contribution in [-0.4, -0.2) is 19.0 Å². The van der Waals surface area contributed by atoms with E-state index in [9.17, 15) is 0 Å². The quantitative estimate of drug-likeness (QED) is 0.572. The monoisotopic (exact) mass is 225 g/mol. The Labute approximate surface area is 96.2 Å². The summed E-state index contributed by atoms with van der Waals surface area (Å²) in [5.74, 6) is 1.02. The fraction of sp³-hybridized carbons (Fsp3) is 0.500. The van der Waals surface area contributed by atoms with Gasteiger partial charge in [0.25, 0.3) is 0 Å².